The van der Waals surface area contributed by atoms with Gasteiger partial charge in [0.25, 0.3) is 0 Å². The Morgan fingerprint density at radius 1 is 0.328 bits per heavy atom. The van der Waals surface area contributed by atoms with Gasteiger partial charge in [0, 0.05) is 56.7 Å². The van der Waals surface area contributed by atoms with Crippen LogP contribution in [0.5, 0.6) is 0 Å². The van der Waals surface area contributed by atoms with Crippen LogP contribution in [0.3, 0.4) is 0 Å². The summed E-state index contributed by atoms with van der Waals surface area (Å²) in [5.74, 6) is 0. The Bertz CT molecular complexity index is 2770. The summed E-state index contributed by atoms with van der Waals surface area (Å²) in [5.41, 5.74) is 13.8. The summed E-state index contributed by atoms with van der Waals surface area (Å²) in [6.07, 6.45) is 4.12. The number of benzene rings is 8. The van der Waals surface area contributed by atoms with Crippen molar-refractivity contribution in [3.05, 3.63) is 211 Å². The van der Waals surface area contributed by atoms with E-state index in [0.717, 1.165) is 29.6 Å². The van der Waals surface area contributed by atoms with Crippen LogP contribution < -0.4 is 30.5 Å². The smallest absolute Gasteiger partial charge is 0.132 e. The number of aromatic nitrogens is 1. The summed E-state index contributed by atoms with van der Waals surface area (Å²) < 4.78 is 0. The lowest BCUT2D eigenvalue weighted by Crippen LogP contribution is -2.64. The number of anilines is 6. The average molecular weight is 774 g/mol. The van der Waals surface area contributed by atoms with Crippen molar-refractivity contribution < 1.29 is 0 Å². The number of pyridine rings is 1. The molecule has 0 unspecified atom stereocenters. The predicted octanol–water partition coefficient (Wildman–Crippen LogP) is 9.83. The van der Waals surface area contributed by atoms with E-state index < -0.39 is 16.1 Å². The van der Waals surface area contributed by atoms with Gasteiger partial charge in [-0.25, -0.2) is 0 Å². The molecule has 9 aromatic rings. The molecule has 274 valence electrons. The molecule has 58 heavy (non-hydrogen) atoms. The quantitative estimate of drug-likeness (QED) is 0.129. The summed E-state index contributed by atoms with van der Waals surface area (Å²) in [7, 11) is -4.38. The van der Waals surface area contributed by atoms with Crippen molar-refractivity contribution in [3.8, 4) is 0 Å². The lowest BCUT2D eigenvalue weighted by Gasteiger charge is -2.45. The number of nitrogens with zero attached hydrogens (tertiary/aromatic N) is 3. The molecule has 0 aliphatic carbocycles. The van der Waals surface area contributed by atoms with E-state index in [4.69, 9.17) is 4.98 Å². The van der Waals surface area contributed by atoms with Crippen LogP contribution in [-0.2, 0) is 24.2 Å². The van der Waals surface area contributed by atoms with Crippen molar-refractivity contribution in [3.63, 3.8) is 0 Å². The number of rotatable bonds is 2. The van der Waals surface area contributed by atoms with Crippen molar-refractivity contribution in [2.45, 2.75) is 24.2 Å². The lowest BCUT2D eigenvalue weighted by atomic mass is 9.96. The van der Waals surface area contributed by atoms with Gasteiger partial charge in [0.2, 0.25) is 0 Å². The fraction of sp³-hybridized carbons (Fsp3) is 0.0755. The summed E-state index contributed by atoms with van der Waals surface area (Å²) in [6, 6.07) is 71.8. The normalized spacial score (nSPS) is 16.2. The number of para-hydroxylation sites is 4. The van der Waals surface area contributed by atoms with E-state index in [-0.39, 0.29) is 0 Å². The Morgan fingerprint density at radius 3 is 1.03 bits per heavy atom. The highest BCUT2D eigenvalue weighted by molar-refractivity contribution is 7.05. The van der Waals surface area contributed by atoms with E-state index >= 15 is 0 Å². The van der Waals surface area contributed by atoms with Crippen molar-refractivity contribution in [1.29, 1.82) is 0 Å². The molecule has 1 aromatic heterocycles. The van der Waals surface area contributed by atoms with E-state index in [9.17, 15) is 0 Å². The van der Waals surface area contributed by atoms with E-state index in [0.29, 0.717) is 0 Å². The standard InChI is InChI=1S/C53H39N3Si2/c1-2-16-37-33-57(32-36(37)15-1)48-25-11-7-21-44(48)55(45-22-8-12-26-49(45)57)52-40-19-5-6-20-41(40)53(43-31-54-30-29-42(43)52)56-46-23-9-13-27-50(46)58(51-28-14-10-24-47(51)56)34-38-17-3-4-18-39(38)35-58/h1-31H,32-35H2. The molecule has 4 aliphatic heterocycles. The highest BCUT2D eigenvalue weighted by atomic mass is 28.3. The second kappa shape index (κ2) is 12.0. The van der Waals surface area contributed by atoms with E-state index in [1.807, 2.05) is 6.20 Å². The van der Waals surface area contributed by atoms with Crippen molar-refractivity contribution in [2.75, 3.05) is 9.80 Å². The van der Waals surface area contributed by atoms with Gasteiger partial charge in [-0.15, -0.1) is 0 Å². The summed E-state index contributed by atoms with van der Waals surface area (Å²) in [5, 5.41) is 11.0. The molecule has 2 spiro atoms. The molecule has 0 bridgehead atoms. The third-order valence-corrected chi connectivity index (χ3v) is 23.8. The summed E-state index contributed by atoms with van der Waals surface area (Å²) >= 11 is 0. The Labute approximate surface area is 340 Å². The minimum Gasteiger partial charge on any atom is -0.309 e. The van der Waals surface area contributed by atoms with E-state index in [2.05, 4.69) is 192 Å². The Balaban J connectivity index is 1.09. The molecule has 0 atom stereocenters. The molecule has 0 radical (unpaired) electrons. The first kappa shape index (κ1) is 32.5. The predicted molar refractivity (Wildman–Crippen MR) is 246 cm³/mol. The molecular weight excluding hydrogens is 735 g/mol. The Hall–Kier alpha value is -6.54. The van der Waals surface area contributed by atoms with E-state index in [1.54, 1.807) is 0 Å². The van der Waals surface area contributed by atoms with Gasteiger partial charge < -0.3 is 9.80 Å². The molecule has 5 heteroatoms. The van der Waals surface area contributed by atoms with Crippen molar-refractivity contribution >= 4 is 92.6 Å². The minimum absolute atomic E-state index is 1.14. The van der Waals surface area contributed by atoms with Crippen LogP contribution in [0.1, 0.15) is 22.3 Å². The van der Waals surface area contributed by atoms with Gasteiger partial charge in [-0.1, -0.05) is 146 Å². The van der Waals surface area contributed by atoms with Gasteiger partial charge in [-0.3, -0.25) is 4.98 Å². The van der Waals surface area contributed by atoms with Crippen LogP contribution in [-0.4, -0.2) is 21.1 Å². The fourth-order valence-electron chi connectivity index (χ4n) is 11.8. The zero-order valence-electron chi connectivity index (χ0n) is 32.1. The first-order valence-electron chi connectivity index (χ1n) is 20.6. The van der Waals surface area contributed by atoms with Gasteiger partial charge in [-0.2, -0.15) is 0 Å². The largest absolute Gasteiger partial charge is 0.309 e. The maximum atomic E-state index is 4.91. The molecule has 13 rings (SSSR count). The van der Waals surface area contributed by atoms with Crippen LogP contribution in [0.4, 0.5) is 34.1 Å². The van der Waals surface area contributed by atoms with Crippen molar-refractivity contribution in [1.82, 2.24) is 4.98 Å². The molecule has 0 N–H and O–H groups in total. The van der Waals surface area contributed by atoms with Crippen LogP contribution in [0.15, 0.2) is 188 Å². The second-order valence-corrected chi connectivity index (χ2v) is 24.7. The van der Waals surface area contributed by atoms with Crippen LogP contribution in [0.25, 0.3) is 21.5 Å². The topological polar surface area (TPSA) is 19.4 Å². The number of hydrogen-bond donors (Lipinski definition) is 0. The minimum atomic E-state index is -2.19. The molecule has 0 amide bonds. The maximum absolute atomic E-state index is 4.91. The van der Waals surface area contributed by atoms with Gasteiger partial charge in [-0.05, 0) is 97.5 Å². The molecule has 0 saturated heterocycles. The first-order chi connectivity index (χ1) is 28.7. The first-order valence-corrected chi connectivity index (χ1v) is 25.5. The molecule has 3 nitrogen and oxygen atoms in total. The van der Waals surface area contributed by atoms with E-state index in [1.165, 1.54) is 93.3 Å². The fourth-order valence-corrected chi connectivity index (χ4v) is 22.5. The lowest BCUT2D eigenvalue weighted by molar-refractivity contribution is 1.27. The zero-order chi connectivity index (χ0) is 38.0. The Morgan fingerprint density at radius 2 is 0.638 bits per heavy atom. The highest BCUT2D eigenvalue weighted by Gasteiger charge is 2.51. The summed E-state index contributed by atoms with van der Waals surface area (Å²) in [6.45, 7) is 0. The zero-order valence-corrected chi connectivity index (χ0v) is 34.1. The molecule has 8 aromatic carbocycles. The van der Waals surface area contributed by atoms with Crippen LogP contribution >= 0.6 is 0 Å². The molecular formula is C53H39N3Si2. The van der Waals surface area contributed by atoms with Crippen molar-refractivity contribution in [2.24, 2.45) is 0 Å². The van der Waals surface area contributed by atoms with Gasteiger partial charge >= 0.3 is 0 Å². The third-order valence-electron chi connectivity index (χ3n) is 14.1. The Kier molecular flexibility index (Phi) is 6.73. The third kappa shape index (κ3) is 4.24. The van der Waals surface area contributed by atoms with Gasteiger partial charge in [0.05, 0.1) is 11.4 Å². The molecule has 0 fully saturated rings. The SMILES string of the molecule is c1ccc2c(c1)C[Si]1(C2)c2ccccc2N(c2c3ccccc3c(N3c4ccccc4[Si]4(Cc5ccccc5C4)c4ccccc43)c3cnccc23)c2ccccc21. The summed E-state index contributed by atoms with van der Waals surface area (Å²) in [4.78, 5) is 10.1. The molecule has 5 heterocycles. The highest BCUT2D eigenvalue weighted by Crippen LogP contribution is 2.53. The monoisotopic (exact) mass is 773 g/mol. The van der Waals surface area contributed by atoms with Crippen LogP contribution in [0, 0.1) is 0 Å². The number of hydrogen-bond acceptors (Lipinski definition) is 3. The van der Waals surface area contributed by atoms with Crippen LogP contribution in [0.2, 0.25) is 0 Å². The number of fused-ring (bicyclic) bond motifs is 12. The molecule has 4 aliphatic rings. The maximum Gasteiger partial charge on any atom is 0.132 e. The van der Waals surface area contributed by atoms with Gasteiger partial charge in [0.1, 0.15) is 16.1 Å². The second-order valence-electron chi connectivity index (χ2n) is 16.8. The van der Waals surface area contributed by atoms with Gasteiger partial charge in [0.15, 0.2) is 0 Å². The average Bonchev–Trinajstić information content (AvgIpc) is 3.88. The molecule has 0 saturated carbocycles.